The van der Waals surface area contributed by atoms with Crippen molar-refractivity contribution in [3.63, 3.8) is 0 Å². The van der Waals surface area contributed by atoms with Crippen molar-refractivity contribution in [3.05, 3.63) is 131 Å². The minimum Gasteiger partial charge on any atom is -0.352 e. The van der Waals surface area contributed by atoms with E-state index < -0.39 is 10.0 Å². The molecule has 0 heterocycles. The lowest BCUT2D eigenvalue weighted by Crippen LogP contribution is -2.33. The quantitative estimate of drug-likeness (QED) is 0.283. The molecule has 4 aromatic rings. The Labute approximate surface area is 213 Å². The first-order valence-electron chi connectivity index (χ1n) is 12.0. The lowest BCUT2D eigenvalue weighted by molar-refractivity contribution is 0.0954. The molecule has 0 aliphatic heterocycles. The van der Waals surface area contributed by atoms with Gasteiger partial charge in [0.25, 0.3) is 15.9 Å². The summed E-state index contributed by atoms with van der Waals surface area (Å²) in [7, 11) is -3.92. The molecule has 0 fully saturated rings. The second kappa shape index (κ2) is 11.7. The fraction of sp³-hybridized carbons (Fsp3) is 0.167. The second-order valence-corrected chi connectivity index (χ2v) is 10.5. The number of aryl methyl sites for hydroxylation is 2. The Bertz CT molecular complexity index is 1390. The first kappa shape index (κ1) is 25.2. The predicted molar refractivity (Wildman–Crippen MR) is 145 cm³/mol. The highest BCUT2D eigenvalue weighted by atomic mass is 32.2. The summed E-state index contributed by atoms with van der Waals surface area (Å²) in [6.07, 6.45) is 1.64. The molecule has 5 nitrogen and oxygen atoms in total. The van der Waals surface area contributed by atoms with Gasteiger partial charge in [0.15, 0.2) is 0 Å². The summed E-state index contributed by atoms with van der Waals surface area (Å²) in [6, 6.07) is 32.9. The number of rotatable bonds is 10. The van der Waals surface area contributed by atoms with Crippen molar-refractivity contribution < 1.29 is 13.2 Å². The van der Waals surface area contributed by atoms with Gasteiger partial charge in [0.1, 0.15) is 0 Å². The zero-order chi connectivity index (χ0) is 25.4. The maximum atomic E-state index is 13.7. The SMILES string of the molecule is Cc1ccc(CCCNC(=O)c2ccccc2N(Cc2ccccc2)S(=O)(=O)c2ccccc2)cc1. The molecule has 4 rings (SSSR count). The van der Waals surface area contributed by atoms with E-state index in [2.05, 4.69) is 36.5 Å². The van der Waals surface area contributed by atoms with Gasteiger partial charge in [-0.05, 0) is 55.2 Å². The van der Waals surface area contributed by atoms with Crippen LogP contribution in [0.15, 0.2) is 114 Å². The number of sulfonamides is 1. The van der Waals surface area contributed by atoms with E-state index in [0.717, 1.165) is 18.4 Å². The van der Waals surface area contributed by atoms with E-state index in [4.69, 9.17) is 0 Å². The molecule has 0 atom stereocenters. The Balaban J connectivity index is 1.57. The van der Waals surface area contributed by atoms with E-state index >= 15 is 0 Å². The highest BCUT2D eigenvalue weighted by Crippen LogP contribution is 2.29. The summed E-state index contributed by atoms with van der Waals surface area (Å²) < 4.78 is 28.8. The number of para-hydroxylation sites is 1. The molecule has 4 aromatic carbocycles. The smallest absolute Gasteiger partial charge is 0.264 e. The molecule has 0 aromatic heterocycles. The molecule has 0 aliphatic rings. The molecule has 1 N–H and O–H groups in total. The molecule has 36 heavy (non-hydrogen) atoms. The van der Waals surface area contributed by atoms with Crippen molar-refractivity contribution >= 4 is 21.6 Å². The van der Waals surface area contributed by atoms with E-state index in [1.165, 1.54) is 15.4 Å². The van der Waals surface area contributed by atoms with Crippen LogP contribution in [-0.4, -0.2) is 20.9 Å². The molecule has 184 valence electrons. The normalized spacial score (nSPS) is 11.1. The standard InChI is InChI=1S/C30H30N2O3S/c1-24-18-20-25(21-19-24)13-10-22-31-30(33)28-16-8-9-17-29(28)32(23-26-11-4-2-5-12-26)36(34,35)27-14-6-3-7-15-27/h2-9,11-12,14-21H,10,13,22-23H2,1H3,(H,31,33). The van der Waals surface area contributed by atoms with Crippen LogP contribution in [0, 0.1) is 6.92 Å². The zero-order valence-corrected chi connectivity index (χ0v) is 21.1. The van der Waals surface area contributed by atoms with E-state index in [1.807, 2.05) is 30.3 Å². The number of carbonyl (C=O) groups is 1. The molecule has 0 saturated carbocycles. The maximum absolute atomic E-state index is 13.7. The minimum absolute atomic E-state index is 0.107. The second-order valence-electron chi connectivity index (χ2n) is 8.67. The van der Waals surface area contributed by atoms with Crippen LogP contribution in [0.2, 0.25) is 0 Å². The summed E-state index contributed by atoms with van der Waals surface area (Å²) >= 11 is 0. The summed E-state index contributed by atoms with van der Waals surface area (Å²) in [5.74, 6) is -0.296. The van der Waals surface area contributed by atoms with E-state index in [1.54, 1.807) is 54.6 Å². The van der Waals surface area contributed by atoms with Gasteiger partial charge >= 0.3 is 0 Å². The first-order valence-corrected chi connectivity index (χ1v) is 13.4. The first-order chi connectivity index (χ1) is 17.4. The monoisotopic (exact) mass is 498 g/mol. The van der Waals surface area contributed by atoms with Gasteiger partial charge in [-0.1, -0.05) is 90.5 Å². The predicted octanol–water partition coefficient (Wildman–Crippen LogP) is 5.75. The van der Waals surface area contributed by atoms with Gasteiger partial charge < -0.3 is 5.32 Å². The summed E-state index contributed by atoms with van der Waals surface area (Å²) in [5, 5.41) is 2.97. The molecular weight excluding hydrogens is 468 g/mol. The molecule has 0 unspecified atom stereocenters. The maximum Gasteiger partial charge on any atom is 0.264 e. The Morgan fingerprint density at radius 2 is 1.36 bits per heavy atom. The fourth-order valence-corrected chi connectivity index (χ4v) is 5.49. The van der Waals surface area contributed by atoms with Crippen LogP contribution in [0.4, 0.5) is 5.69 Å². The number of nitrogens with one attached hydrogen (secondary N) is 1. The molecular formula is C30H30N2O3S. The van der Waals surface area contributed by atoms with Crippen LogP contribution in [0.1, 0.15) is 33.5 Å². The average molecular weight is 499 g/mol. The van der Waals surface area contributed by atoms with Gasteiger partial charge in [-0.2, -0.15) is 0 Å². The van der Waals surface area contributed by atoms with Crippen molar-refractivity contribution in [1.29, 1.82) is 0 Å². The van der Waals surface area contributed by atoms with Gasteiger partial charge in [0.2, 0.25) is 0 Å². The number of carbonyl (C=O) groups excluding carboxylic acids is 1. The van der Waals surface area contributed by atoms with Crippen LogP contribution in [0.5, 0.6) is 0 Å². The molecule has 1 amide bonds. The molecule has 0 saturated heterocycles. The number of nitrogens with zero attached hydrogens (tertiary/aromatic N) is 1. The van der Waals surface area contributed by atoms with Crippen molar-refractivity contribution in [2.24, 2.45) is 0 Å². The van der Waals surface area contributed by atoms with Gasteiger partial charge in [-0.15, -0.1) is 0 Å². The van der Waals surface area contributed by atoms with Crippen LogP contribution >= 0.6 is 0 Å². The number of benzene rings is 4. The molecule has 0 spiro atoms. The van der Waals surface area contributed by atoms with E-state index in [-0.39, 0.29) is 17.3 Å². The third-order valence-electron chi connectivity index (χ3n) is 5.97. The highest BCUT2D eigenvalue weighted by Gasteiger charge is 2.28. The summed E-state index contributed by atoms with van der Waals surface area (Å²) in [4.78, 5) is 13.4. The Hall–Kier alpha value is -3.90. The van der Waals surface area contributed by atoms with E-state index in [0.29, 0.717) is 17.8 Å². The van der Waals surface area contributed by atoms with Gasteiger partial charge in [0.05, 0.1) is 22.7 Å². The number of hydrogen-bond donors (Lipinski definition) is 1. The number of hydrogen-bond acceptors (Lipinski definition) is 3. The molecule has 0 aliphatic carbocycles. The van der Waals surface area contributed by atoms with Crippen molar-refractivity contribution in [2.75, 3.05) is 10.8 Å². The van der Waals surface area contributed by atoms with Crippen LogP contribution in [0.3, 0.4) is 0 Å². The molecule has 0 bridgehead atoms. The number of anilines is 1. The minimum atomic E-state index is -3.92. The fourth-order valence-electron chi connectivity index (χ4n) is 4.00. The van der Waals surface area contributed by atoms with Gasteiger partial charge in [-0.25, -0.2) is 8.42 Å². The van der Waals surface area contributed by atoms with Crippen molar-refractivity contribution in [2.45, 2.75) is 31.2 Å². The largest absolute Gasteiger partial charge is 0.352 e. The highest BCUT2D eigenvalue weighted by molar-refractivity contribution is 7.92. The van der Waals surface area contributed by atoms with Crippen molar-refractivity contribution in [3.8, 4) is 0 Å². The number of amides is 1. The molecule has 6 heteroatoms. The van der Waals surface area contributed by atoms with Crippen LogP contribution < -0.4 is 9.62 Å². The molecule has 0 radical (unpaired) electrons. The van der Waals surface area contributed by atoms with Crippen LogP contribution in [-0.2, 0) is 23.0 Å². The lowest BCUT2D eigenvalue weighted by Gasteiger charge is -2.26. The summed E-state index contributed by atoms with van der Waals surface area (Å²) in [5.41, 5.74) is 3.93. The van der Waals surface area contributed by atoms with Crippen LogP contribution in [0.25, 0.3) is 0 Å². The Morgan fingerprint density at radius 1 is 0.750 bits per heavy atom. The van der Waals surface area contributed by atoms with E-state index in [9.17, 15) is 13.2 Å². The van der Waals surface area contributed by atoms with Gasteiger partial charge in [0, 0.05) is 6.54 Å². The average Bonchev–Trinajstić information content (AvgIpc) is 2.91. The topological polar surface area (TPSA) is 66.5 Å². The lowest BCUT2D eigenvalue weighted by atomic mass is 10.1. The third kappa shape index (κ3) is 6.20. The summed E-state index contributed by atoms with van der Waals surface area (Å²) in [6.45, 7) is 2.65. The Morgan fingerprint density at radius 3 is 2.06 bits per heavy atom. The third-order valence-corrected chi connectivity index (χ3v) is 7.74. The Kier molecular flexibility index (Phi) is 8.18. The van der Waals surface area contributed by atoms with Crippen molar-refractivity contribution in [1.82, 2.24) is 5.32 Å². The van der Waals surface area contributed by atoms with Gasteiger partial charge in [-0.3, -0.25) is 9.10 Å². The zero-order valence-electron chi connectivity index (χ0n) is 20.3.